The number of piperidine rings is 1. The van der Waals surface area contributed by atoms with Crippen LogP contribution >= 0.6 is 11.6 Å². The van der Waals surface area contributed by atoms with Gasteiger partial charge in [-0.3, -0.25) is 9.69 Å². The van der Waals surface area contributed by atoms with Crippen molar-refractivity contribution in [3.63, 3.8) is 0 Å². The van der Waals surface area contributed by atoms with Crippen LogP contribution < -0.4 is 9.47 Å². The van der Waals surface area contributed by atoms with Gasteiger partial charge in [-0.25, -0.2) is 0 Å². The first-order chi connectivity index (χ1) is 16.1. The first-order valence-electron chi connectivity index (χ1n) is 11.2. The van der Waals surface area contributed by atoms with Crippen molar-refractivity contribution < 1.29 is 19.4 Å². The lowest BCUT2D eigenvalue weighted by molar-refractivity contribution is -0.145. The molecule has 1 aliphatic rings. The van der Waals surface area contributed by atoms with Gasteiger partial charge in [-0.05, 0) is 60.8 Å². The minimum atomic E-state index is -0.802. The second kappa shape index (κ2) is 10.7. The van der Waals surface area contributed by atoms with E-state index in [1.165, 1.54) is 0 Å². The Balaban J connectivity index is 1.67. The lowest BCUT2D eigenvalue weighted by Gasteiger charge is -2.40. The van der Waals surface area contributed by atoms with Gasteiger partial charge in [0.15, 0.2) is 0 Å². The van der Waals surface area contributed by atoms with Crippen molar-refractivity contribution in [1.82, 2.24) is 4.90 Å². The second-order valence-electron chi connectivity index (χ2n) is 8.22. The summed E-state index contributed by atoms with van der Waals surface area (Å²) in [5.41, 5.74) is 2.92. The van der Waals surface area contributed by atoms with Crippen LogP contribution in [0.3, 0.4) is 0 Å². The first kappa shape index (κ1) is 23.1. The molecule has 0 saturated carbocycles. The number of carboxylic acids is 1. The van der Waals surface area contributed by atoms with Crippen molar-refractivity contribution in [3.05, 3.63) is 94.5 Å². The Hall–Kier alpha value is -3.02. The maximum atomic E-state index is 12.1. The van der Waals surface area contributed by atoms with Gasteiger partial charge < -0.3 is 14.6 Å². The molecule has 0 radical (unpaired) electrons. The fourth-order valence-corrected chi connectivity index (χ4v) is 4.66. The molecule has 1 heterocycles. The Morgan fingerprint density at radius 1 is 1.09 bits per heavy atom. The first-order valence-corrected chi connectivity index (χ1v) is 11.5. The van der Waals surface area contributed by atoms with Crippen LogP contribution in [0.5, 0.6) is 11.5 Å². The number of methoxy groups -OCH3 is 1. The van der Waals surface area contributed by atoms with Crippen molar-refractivity contribution in [1.29, 1.82) is 0 Å². The summed E-state index contributed by atoms with van der Waals surface area (Å²) in [6, 6.07) is 22.5. The number of carbonyl (C=O) groups is 1. The van der Waals surface area contributed by atoms with E-state index < -0.39 is 12.0 Å². The topological polar surface area (TPSA) is 59.0 Å². The average molecular weight is 466 g/mol. The Bertz CT molecular complexity index is 1070. The molecule has 2 unspecified atom stereocenters. The average Bonchev–Trinajstić information content (AvgIpc) is 2.85. The minimum Gasteiger partial charge on any atom is -0.496 e. The molecule has 4 rings (SSSR count). The molecule has 3 aromatic carbocycles. The number of aliphatic carboxylic acids is 1. The standard InChI is InChI=1S/C27H28ClNO4/c1-32-25-15-12-21(28)17-23(25)26(29-16-6-5-9-24(29)27(30)31)20-10-13-22(14-11-20)33-18-19-7-3-2-4-8-19/h2-4,7-8,10-15,17,24,26H,5-6,9,16,18H2,1H3,(H,30,31). The zero-order valence-electron chi connectivity index (χ0n) is 18.6. The molecule has 3 aromatic rings. The van der Waals surface area contributed by atoms with Crippen LogP contribution in [0.15, 0.2) is 72.8 Å². The number of nitrogens with zero attached hydrogens (tertiary/aromatic N) is 1. The second-order valence-corrected chi connectivity index (χ2v) is 8.66. The summed E-state index contributed by atoms with van der Waals surface area (Å²) in [5, 5.41) is 10.5. The number of hydrogen-bond acceptors (Lipinski definition) is 4. The van der Waals surface area contributed by atoms with Gasteiger partial charge >= 0.3 is 5.97 Å². The number of likely N-dealkylation sites (tertiary alicyclic amines) is 1. The molecule has 6 heteroatoms. The molecule has 0 aliphatic carbocycles. The minimum absolute atomic E-state index is 0.303. The number of hydrogen-bond donors (Lipinski definition) is 1. The molecular weight excluding hydrogens is 438 g/mol. The third-order valence-corrected chi connectivity index (χ3v) is 6.33. The molecular formula is C27H28ClNO4. The Morgan fingerprint density at radius 2 is 1.85 bits per heavy atom. The highest BCUT2D eigenvalue weighted by molar-refractivity contribution is 6.30. The Labute approximate surface area is 199 Å². The molecule has 1 saturated heterocycles. The maximum absolute atomic E-state index is 12.1. The van der Waals surface area contributed by atoms with Crippen molar-refractivity contribution in [2.24, 2.45) is 0 Å². The molecule has 0 aromatic heterocycles. The lowest BCUT2D eigenvalue weighted by atomic mass is 9.91. The molecule has 2 atom stereocenters. The van der Waals surface area contributed by atoms with Gasteiger partial charge in [-0.1, -0.05) is 60.5 Å². The monoisotopic (exact) mass is 465 g/mol. The van der Waals surface area contributed by atoms with Crippen LogP contribution in [0.25, 0.3) is 0 Å². The Morgan fingerprint density at radius 3 is 2.55 bits per heavy atom. The summed E-state index contributed by atoms with van der Waals surface area (Å²) >= 11 is 6.36. The van der Waals surface area contributed by atoms with E-state index in [0.717, 1.165) is 35.3 Å². The van der Waals surface area contributed by atoms with Crippen LogP contribution in [-0.2, 0) is 11.4 Å². The Kier molecular flexibility index (Phi) is 7.53. The zero-order chi connectivity index (χ0) is 23.2. The zero-order valence-corrected chi connectivity index (χ0v) is 19.4. The van der Waals surface area contributed by atoms with Crippen LogP contribution in [0, 0.1) is 0 Å². The number of benzene rings is 3. The van der Waals surface area contributed by atoms with Gasteiger partial charge in [0.2, 0.25) is 0 Å². The molecule has 5 nitrogen and oxygen atoms in total. The summed E-state index contributed by atoms with van der Waals surface area (Å²) in [7, 11) is 1.62. The van der Waals surface area contributed by atoms with Gasteiger partial charge in [-0.15, -0.1) is 0 Å². The highest BCUT2D eigenvalue weighted by Crippen LogP contribution is 2.40. The molecule has 33 heavy (non-hydrogen) atoms. The molecule has 1 fully saturated rings. The van der Waals surface area contributed by atoms with E-state index in [4.69, 9.17) is 21.1 Å². The van der Waals surface area contributed by atoms with E-state index in [2.05, 4.69) is 4.90 Å². The van der Waals surface area contributed by atoms with Gasteiger partial charge in [0.25, 0.3) is 0 Å². The van der Waals surface area contributed by atoms with Crippen molar-refractivity contribution in [3.8, 4) is 11.5 Å². The third kappa shape index (κ3) is 5.49. The SMILES string of the molecule is COc1ccc(Cl)cc1C(c1ccc(OCc2ccccc2)cc1)N1CCCCC1C(=O)O. The largest absolute Gasteiger partial charge is 0.496 e. The molecule has 1 aliphatic heterocycles. The molecule has 0 amide bonds. The quantitative estimate of drug-likeness (QED) is 0.445. The van der Waals surface area contributed by atoms with Gasteiger partial charge in [0.05, 0.1) is 13.2 Å². The predicted molar refractivity (Wildman–Crippen MR) is 129 cm³/mol. The highest BCUT2D eigenvalue weighted by Gasteiger charge is 2.36. The summed E-state index contributed by atoms with van der Waals surface area (Å²) in [6.07, 6.45) is 2.47. The molecule has 0 spiro atoms. The fraction of sp³-hybridized carbons (Fsp3) is 0.296. The third-order valence-electron chi connectivity index (χ3n) is 6.09. The van der Waals surface area contributed by atoms with E-state index >= 15 is 0 Å². The van der Waals surface area contributed by atoms with Crippen molar-refractivity contribution in [2.45, 2.75) is 38.0 Å². The number of ether oxygens (including phenoxy) is 2. The molecule has 172 valence electrons. The lowest BCUT2D eigenvalue weighted by Crippen LogP contribution is -2.46. The summed E-state index contributed by atoms with van der Waals surface area (Å²) < 4.78 is 11.6. The fourth-order valence-electron chi connectivity index (χ4n) is 4.48. The summed E-state index contributed by atoms with van der Waals surface area (Å²) in [6.45, 7) is 1.17. The van der Waals surface area contributed by atoms with Crippen LogP contribution in [-0.4, -0.2) is 35.7 Å². The summed E-state index contributed by atoms with van der Waals surface area (Å²) in [4.78, 5) is 14.2. The van der Waals surface area contributed by atoms with E-state index in [1.54, 1.807) is 13.2 Å². The van der Waals surface area contributed by atoms with E-state index in [-0.39, 0.29) is 6.04 Å². The number of rotatable bonds is 8. The van der Waals surface area contributed by atoms with Gasteiger partial charge in [0.1, 0.15) is 24.1 Å². The summed E-state index contributed by atoms with van der Waals surface area (Å²) in [5.74, 6) is 0.639. The highest BCUT2D eigenvalue weighted by atomic mass is 35.5. The van der Waals surface area contributed by atoms with E-state index in [1.807, 2.05) is 66.7 Å². The smallest absolute Gasteiger partial charge is 0.320 e. The van der Waals surface area contributed by atoms with E-state index in [9.17, 15) is 9.90 Å². The predicted octanol–water partition coefficient (Wildman–Crippen LogP) is 5.96. The maximum Gasteiger partial charge on any atom is 0.320 e. The van der Waals surface area contributed by atoms with Crippen LogP contribution in [0.1, 0.15) is 42.0 Å². The molecule has 0 bridgehead atoms. The van der Waals surface area contributed by atoms with Crippen LogP contribution in [0.4, 0.5) is 0 Å². The van der Waals surface area contributed by atoms with E-state index in [0.29, 0.717) is 30.3 Å². The van der Waals surface area contributed by atoms with Gasteiger partial charge in [-0.2, -0.15) is 0 Å². The normalized spacial score (nSPS) is 17.3. The number of carboxylic acid groups (broad SMARTS) is 1. The number of halogens is 1. The molecule has 1 N–H and O–H groups in total. The van der Waals surface area contributed by atoms with Gasteiger partial charge in [0, 0.05) is 10.6 Å². The van der Waals surface area contributed by atoms with Crippen LogP contribution in [0.2, 0.25) is 5.02 Å². The van der Waals surface area contributed by atoms with Crippen molar-refractivity contribution >= 4 is 17.6 Å². The van der Waals surface area contributed by atoms with Crippen molar-refractivity contribution in [2.75, 3.05) is 13.7 Å².